The Balaban J connectivity index is 0.000000379. The molecule has 34 heavy (non-hydrogen) atoms. The smallest absolute Gasteiger partial charge is 0.388 e. The highest BCUT2D eigenvalue weighted by atomic mass is 19.3. The SMILES string of the molecule is Cc1ccc(NC(=O)N(C)c2ccccc2C(C)C)c(OC(F)F)n1.O=C(O)C1CCCCC1. The third-order valence-corrected chi connectivity index (χ3v) is 5.62. The zero-order valence-electron chi connectivity index (χ0n) is 20.1. The van der Waals surface area contributed by atoms with Gasteiger partial charge in [0.05, 0.1) is 5.92 Å². The fraction of sp³-hybridized carbons (Fsp3) is 0.480. The number of nitrogens with zero attached hydrogens (tertiary/aromatic N) is 2. The van der Waals surface area contributed by atoms with Gasteiger partial charge in [0.15, 0.2) is 0 Å². The third kappa shape index (κ3) is 7.97. The number of benzene rings is 1. The number of carboxylic acid groups (broad SMARTS) is 1. The van der Waals surface area contributed by atoms with Crippen molar-refractivity contribution in [2.75, 3.05) is 17.3 Å². The van der Waals surface area contributed by atoms with Crippen molar-refractivity contribution in [3.8, 4) is 5.88 Å². The van der Waals surface area contributed by atoms with Gasteiger partial charge in [0.25, 0.3) is 0 Å². The molecule has 1 heterocycles. The maximum atomic E-state index is 12.6. The van der Waals surface area contributed by atoms with Gasteiger partial charge in [0.1, 0.15) is 5.69 Å². The van der Waals surface area contributed by atoms with E-state index in [1.54, 1.807) is 20.0 Å². The fourth-order valence-corrected chi connectivity index (χ4v) is 3.74. The molecule has 1 saturated carbocycles. The number of carbonyl (C=O) groups is 2. The molecule has 0 bridgehead atoms. The summed E-state index contributed by atoms with van der Waals surface area (Å²) in [6.07, 6.45) is 5.24. The van der Waals surface area contributed by atoms with E-state index in [4.69, 9.17) is 5.11 Å². The molecule has 0 spiro atoms. The number of halogens is 2. The zero-order valence-corrected chi connectivity index (χ0v) is 20.1. The molecule has 0 saturated heterocycles. The van der Waals surface area contributed by atoms with Crippen molar-refractivity contribution in [1.82, 2.24) is 4.98 Å². The van der Waals surface area contributed by atoms with Crippen LogP contribution in [-0.2, 0) is 4.79 Å². The van der Waals surface area contributed by atoms with Crippen LogP contribution in [0.4, 0.5) is 25.0 Å². The first-order valence-electron chi connectivity index (χ1n) is 11.4. The Morgan fingerprint density at radius 2 is 1.76 bits per heavy atom. The monoisotopic (exact) mass is 477 g/mol. The van der Waals surface area contributed by atoms with Crippen LogP contribution >= 0.6 is 0 Å². The molecule has 1 fully saturated rings. The van der Waals surface area contributed by atoms with E-state index in [9.17, 15) is 18.4 Å². The third-order valence-electron chi connectivity index (χ3n) is 5.62. The molecule has 1 aromatic heterocycles. The molecule has 1 aliphatic rings. The minimum Gasteiger partial charge on any atom is -0.481 e. The zero-order chi connectivity index (χ0) is 25.3. The number of ether oxygens (including phenoxy) is 1. The average Bonchev–Trinajstić information content (AvgIpc) is 2.80. The van der Waals surface area contributed by atoms with Gasteiger partial charge in [0, 0.05) is 18.4 Å². The molecular weight excluding hydrogens is 444 g/mol. The molecule has 2 N–H and O–H groups in total. The molecule has 1 aromatic carbocycles. The van der Waals surface area contributed by atoms with Gasteiger partial charge in [-0.05, 0) is 49.4 Å². The number of rotatable bonds is 6. The standard InChI is InChI=1S/C18H21F2N3O2.C7H12O2/c1-11(2)13-7-5-6-8-15(13)23(4)18(24)22-14-10-9-12(3)21-16(14)25-17(19)20;8-7(9)6-4-2-1-3-5-6/h5-11,17H,1-4H3,(H,22,24);6H,1-5H2,(H,8,9). The van der Waals surface area contributed by atoms with E-state index in [1.807, 2.05) is 38.1 Å². The summed E-state index contributed by atoms with van der Waals surface area (Å²) in [5.41, 5.74) is 2.34. The topological polar surface area (TPSA) is 91.8 Å². The van der Waals surface area contributed by atoms with E-state index >= 15 is 0 Å². The number of nitrogens with one attached hydrogen (secondary N) is 1. The number of aliphatic carboxylic acids is 1. The van der Waals surface area contributed by atoms with Crippen LogP contribution in [0.3, 0.4) is 0 Å². The number of aromatic nitrogens is 1. The molecule has 7 nitrogen and oxygen atoms in total. The van der Waals surface area contributed by atoms with Crippen molar-refractivity contribution >= 4 is 23.4 Å². The van der Waals surface area contributed by atoms with E-state index < -0.39 is 18.6 Å². The molecule has 3 rings (SSSR count). The van der Waals surface area contributed by atoms with E-state index in [2.05, 4.69) is 15.0 Å². The summed E-state index contributed by atoms with van der Waals surface area (Å²) in [4.78, 5) is 28.2. The Morgan fingerprint density at radius 1 is 1.12 bits per heavy atom. The number of amides is 2. The minimum atomic E-state index is -3.02. The molecule has 186 valence electrons. The number of carbonyl (C=O) groups excluding carboxylic acids is 1. The van der Waals surface area contributed by atoms with Crippen LogP contribution in [0.2, 0.25) is 0 Å². The number of hydrogen-bond acceptors (Lipinski definition) is 4. The Bertz CT molecular complexity index is 963. The van der Waals surface area contributed by atoms with Gasteiger partial charge < -0.3 is 15.2 Å². The van der Waals surface area contributed by atoms with E-state index in [1.165, 1.54) is 17.4 Å². The number of alkyl halides is 2. The first-order chi connectivity index (χ1) is 16.1. The van der Waals surface area contributed by atoms with E-state index in [-0.39, 0.29) is 23.4 Å². The van der Waals surface area contributed by atoms with Gasteiger partial charge in [-0.2, -0.15) is 8.78 Å². The van der Waals surface area contributed by atoms with Crippen LogP contribution in [0.15, 0.2) is 36.4 Å². The van der Waals surface area contributed by atoms with Crippen molar-refractivity contribution in [1.29, 1.82) is 0 Å². The highest BCUT2D eigenvalue weighted by molar-refractivity contribution is 6.02. The summed E-state index contributed by atoms with van der Waals surface area (Å²) >= 11 is 0. The summed E-state index contributed by atoms with van der Waals surface area (Å²) in [5.74, 6) is -0.715. The van der Waals surface area contributed by atoms with Crippen molar-refractivity contribution in [3.63, 3.8) is 0 Å². The molecule has 9 heteroatoms. The maximum absolute atomic E-state index is 12.6. The second-order valence-electron chi connectivity index (χ2n) is 8.56. The largest absolute Gasteiger partial charge is 0.481 e. The number of hydrogen-bond donors (Lipinski definition) is 2. The molecule has 0 unspecified atom stereocenters. The number of aryl methyl sites for hydroxylation is 1. The van der Waals surface area contributed by atoms with Crippen LogP contribution in [-0.4, -0.2) is 35.8 Å². The number of anilines is 2. The molecule has 1 aliphatic carbocycles. The first-order valence-corrected chi connectivity index (χ1v) is 11.4. The van der Waals surface area contributed by atoms with Gasteiger partial charge in [0.2, 0.25) is 5.88 Å². The highest BCUT2D eigenvalue weighted by Crippen LogP contribution is 2.29. The molecular formula is C25H33F2N3O4. The first kappa shape index (κ1) is 27.0. The van der Waals surface area contributed by atoms with Gasteiger partial charge in [-0.15, -0.1) is 0 Å². The predicted molar refractivity (Wildman–Crippen MR) is 128 cm³/mol. The van der Waals surface area contributed by atoms with Crippen molar-refractivity contribution in [2.45, 2.75) is 65.4 Å². The van der Waals surface area contributed by atoms with Crippen molar-refractivity contribution in [3.05, 3.63) is 47.7 Å². The van der Waals surface area contributed by atoms with Crippen LogP contribution in [0.5, 0.6) is 5.88 Å². The second-order valence-corrected chi connectivity index (χ2v) is 8.56. The Labute approximate surface area is 199 Å². The quantitative estimate of drug-likeness (QED) is 0.500. The molecule has 0 atom stereocenters. The average molecular weight is 478 g/mol. The van der Waals surface area contributed by atoms with Crippen LogP contribution < -0.4 is 15.0 Å². The summed E-state index contributed by atoms with van der Waals surface area (Å²) in [5, 5.41) is 11.1. The molecule has 2 aromatic rings. The lowest BCUT2D eigenvalue weighted by molar-refractivity contribution is -0.142. The fourth-order valence-electron chi connectivity index (χ4n) is 3.74. The van der Waals surface area contributed by atoms with Crippen molar-refractivity contribution in [2.24, 2.45) is 5.92 Å². The van der Waals surface area contributed by atoms with Crippen molar-refractivity contribution < 1.29 is 28.2 Å². The lowest BCUT2D eigenvalue weighted by atomic mass is 9.90. The van der Waals surface area contributed by atoms with E-state index in [0.29, 0.717) is 5.69 Å². The number of para-hydroxylation sites is 1. The number of carboxylic acids is 1. The number of urea groups is 1. The van der Waals surface area contributed by atoms with E-state index in [0.717, 1.165) is 36.9 Å². The summed E-state index contributed by atoms with van der Waals surface area (Å²) in [6.45, 7) is 2.69. The normalized spacial score (nSPS) is 13.8. The lowest BCUT2D eigenvalue weighted by Crippen LogP contribution is -2.32. The van der Waals surface area contributed by atoms with Gasteiger partial charge in [-0.25, -0.2) is 9.78 Å². The summed E-state index contributed by atoms with van der Waals surface area (Å²) in [6, 6.07) is 10.1. The molecule has 0 radical (unpaired) electrons. The molecule has 2 amide bonds. The number of pyridine rings is 1. The van der Waals surface area contributed by atoms with Gasteiger partial charge >= 0.3 is 18.6 Å². The molecule has 0 aliphatic heterocycles. The summed E-state index contributed by atoms with van der Waals surface area (Å²) < 4.78 is 29.5. The van der Waals surface area contributed by atoms with Gasteiger partial charge in [-0.1, -0.05) is 51.3 Å². The lowest BCUT2D eigenvalue weighted by Gasteiger charge is -2.23. The Morgan fingerprint density at radius 3 is 2.32 bits per heavy atom. The summed E-state index contributed by atoms with van der Waals surface area (Å²) in [7, 11) is 1.62. The maximum Gasteiger partial charge on any atom is 0.388 e. The van der Waals surface area contributed by atoms with Crippen LogP contribution in [0, 0.1) is 12.8 Å². The second kappa shape index (κ2) is 12.9. The van der Waals surface area contributed by atoms with Crippen LogP contribution in [0.1, 0.15) is 63.1 Å². The highest BCUT2D eigenvalue weighted by Gasteiger charge is 2.20. The predicted octanol–water partition coefficient (Wildman–Crippen LogP) is 6.43. The van der Waals surface area contributed by atoms with Gasteiger partial charge in [-0.3, -0.25) is 9.69 Å². The Kier molecular flexibility index (Phi) is 10.2. The Hall–Kier alpha value is -3.23. The minimum absolute atomic E-state index is 0.0289. The van der Waals surface area contributed by atoms with Crippen LogP contribution in [0.25, 0.3) is 0 Å².